The maximum Gasteiger partial charge on any atom is 0.328 e. The molecule has 0 spiro atoms. The minimum Gasteiger partial charge on any atom is -0.507 e. The van der Waals surface area contributed by atoms with Gasteiger partial charge in [-0.1, -0.05) is 19.4 Å². The van der Waals surface area contributed by atoms with Crippen molar-refractivity contribution in [2.24, 2.45) is 0 Å². The number of hydrogen-bond acceptors (Lipinski definition) is 6. The molecule has 0 aliphatic heterocycles. The second-order valence-corrected chi connectivity index (χ2v) is 6.52. The molecule has 7 heteroatoms. The van der Waals surface area contributed by atoms with E-state index in [0.717, 1.165) is 12.5 Å². The maximum atomic E-state index is 11.6. The first kappa shape index (κ1) is 22.8. The van der Waals surface area contributed by atoms with Gasteiger partial charge in [0.1, 0.15) is 24.7 Å². The van der Waals surface area contributed by atoms with Crippen molar-refractivity contribution in [3.63, 3.8) is 0 Å². The molecule has 0 saturated carbocycles. The number of ketones is 1. The minimum atomic E-state index is -1.03. The largest absolute Gasteiger partial charge is 0.507 e. The number of phenols is 1. The lowest BCUT2D eigenvalue weighted by atomic mass is 10.0. The lowest BCUT2D eigenvalue weighted by Gasteiger charge is -2.15. The number of aromatic hydroxyl groups is 1. The van der Waals surface area contributed by atoms with Gasteiger partial charge in [0.05, 0.1) is 12.7 Å². The number of carboxylic acid groups (broad SMARTS) is 1. The van der Waals surface area contributed by atoms with E-state index < -0.39 is 5.97 Å². The zero-order valence-electron chi connectivity index (χ0n) is 17.3. The van der Waals surface area contributed by atoms with E-state index in [4.69, 9.17) is 19.3 Å². The predicted molar refractivity (Wildman–Crippen MR) is 113 cm³/mol. The van der Waals surface area contributed by atoms with Gasteiger partial charge in [-0.25, -0.2) is 4.79 Å². The van der Waals surface area contributed by atoms with Crippen LogP contribution in [-0.2, 0) is 11.2 Å². The van der Waals surface area contributed by atoms with E-state index in [9.17, 15) is 14.7 Å². The fraction of sp³-hybridized carbons (Fsp3) is 0.304. The minimum absolute atomic E-state index is 0.0329. The Bertz CT molecular complexity index is 931. The first-order chi connectivity index (χ1) is 14.4. The summed E-state index contributed by atoms with van der Waals surface area (Å²) in [5, 5.41) is 19.1. The summed E-state index contributed by atoms with van der Waals surface area (Å²) in [5.74, 6) is 0.220. The van der Waals surface area contributed by atoms with Gasteiger partial charge < -0.3 is 24.4 Å². The standard InChI is InChI=1S/C23H26O7/c1-4-5-18-19(10-8-17(15(2)24)23(18)27)29-12-13-30-20-9-6-16(7-11-22(25)26)14-21(20)28-3/h6-11,14,27H,4-5,12-13H2,1-3H3,(H,25,26)/b11-7+. The van der Waals surface area contributed by atoms with E-state index in [1.165, 1.54) is 20.1 Å². The number of rotatable bonds is 11. The smallest absolute Gasteiger partial charge is 0.328 e. The summed E-state index contributed by atoms with van der Waals surface area (Å²) >= 11 is 0. The monoisotopic (exact) mass is 414 g/mol. The van der Waals surface area contributed by atoms with Crippen LogP contribution in [0.3, 0.4) is 0 Å². The quantitative estimate of drug-likeness (QED) is 0.324. The third-order valence-electron chi connectivity index (χ3n) is 4.32. The molecule has 0 amide bonds. The van der Waals surface area contributed by atoms with Crippen molar-refractivity contribution in [3.8, 4) is 23.0 Å². The van der Waals surface area contributed by atoms with Gasteiger partial charge in [0.15, 0.2) is 17.3 Å². The molecule has 0 aliphatic carbocycles. The van der Waals surface area contributed by atoms with Crippen molar-refractivity contribution in [1.82, 2.24) is 0 Å². The van der Waals surface area contributed by atoms with Gasteiger partial charge in [-0.05, 0) is 49.2 Å². The molecule has 0 atom stereocenters. The first-order valence-corrected chi connectivity index (χ1v) is 9.57. The van der Waals surface area contributed by atoms with Crippen molar-refractivity contribution in [2.45, 2.75) is 26.7 Å². The molecule has 160 valence electrons. The summed E-state index contributed by atoms with van der Waals surface area (Å²) < 4.78 is 16.8. The van der Waals surface area contributed by atoms with Crippen LogP contribution in [-0.4, -0.2) is 42.3 Å². The summed E-state index contributed by atoms with van der Waals surface area (Å²) in [7, 11) is 1.50. The summed E-state index contributed by atoms with van der Waals surface area (Å²) in [6.07, 6.45) is 3.89. The van der Waals surface area contributed by atoms with Crippen molar-refractivity contribution < 1.29 is 34.0 Å². The number of phenolic OH excluding ortho intramolecular Hbond substituents is 1. The number of carbonyl (C=O) groups excluding carboxylic acids is 1. The van der Waals surface area contributed by atoms with Gasteiger partial charge >= 0.3 is 5.97 Å². The number of carbonyl (C=O) groups is 2. The molecule has 0 aliphatic rings. The van der Waals surface area contributed by atoms with E-state index in [-0.39, 0.29) is 30.3 Å². The lowest BCUT2D eigenvalue weighted by molar-refractivity contribution is -0.131. The zero-order chi connectivity index (χ0) is 22.1. The molecule has 2 aromatic rings. The highest BCUT2D eigenvalue weighted by Crippen LogP contribution is 2.33. The van der Waals surface area contributed by atoms with E-state index >= 15 is 0 Å². The average Bonchev–Trinajstić information content (AvgIpc) is 2.72. The molecule has 0 aromatic heterocycles. The Kier molecular flexibility index (Phi) is 8.29. The Hall–Kier alpha value is -3.48. The van der Waals surface area contributed by atoms with Crippen LogP contribution < -0.4 is 14.2 Å². The number of Topliss-reactive ketones (excluding diaryl/α,β-unsaturated/α-hetero) is 1. The summed E-state index contributed by atoms with van der Waals surface area (Å²) in [6, 6.07) is 8.32. The molecule has 30 heavy (non-hydrogen) atoms. The summed E-state index contributed by atoms with van der Waals surface area (Å²) in [6.45, 7) is 3.84. The molecule has 0 fully saturated rings. The number of carboxylic acids is 1. The van der Waals surface area contributed by atoms with Crippen molar-refractivity contribution in [2.75, 3.05) is 20.3 Å². The van der Waals surface area contributed by atoms with E-state index in [2.05, 4.69) is 0 Å². The fourth-order valence-corrected chi connectivity index (χ4v) is 2.91. The van der Waals surface area contributed by atoms with Crippen LogP contribution in [0.2, 0.25) is 0 Å². The Morgan fingerprint density at radius 2 is 1.70 bits per heavy atom. The highest BCUT2D eigenvalue weighted by atomic mass is 16.5. The highest BCUT2D eigenvalue weighted by molar-refractivity contribution is 5.97. The third kappa shape index (κ3) is 6.01. The second-order valence-electron chi connectivity index (χ2n) is 6.52. The number of methoxy groups -OCH3 is 1. The Balaban J connectivity index is 2.03. The molecule has 0 unspecified atom stereocenters. The van der Waals surface area contributed by atoms with Crippen LogP contribution in [0.5, 0.6) is 23.0 Å². The SMILES string of the molecule is CCCc1c(OCCOc2ccc(/C=C/C(=O)O)cc2OC)ccc(C(C)=O)c1O. The van der Waals surface area contributed by atoms with Gasteiger partial charge in [0.25, 0.3) is 0 Å². The molecule has 0 bridgehead atoms. The highest BCUT2D eigenvalue weighted by Gasteiger charge is 2.16. The van der Waals surface area contributed by atoms with Crippen LogP contribution in [0.15, 0.2) is 36.4 Å². The van der Waals surface area contributed by atoms with Gasteiger partial charge in [0, 0.05) is 11.6 Å². The number of benzene rings is 2. The average molecular weight is 414 g/mol. The predicted octanol–water partition coefficient (Wildman–Crippen LogP) is 4.11. The second kappa shape index (κ2) is 10.9. The maximum absolute atomic E-state index is 11.6. The van der Waals surface area contributed by atoms with Crippen LogP contribution in [0.4, 0.5) is 0 Å². The topological polar surface area (TPSA) is 102 Å². The molecule has 2 N–H and O–H groups in total. The Morgan fingerprint density at radius 1 is 1.03 bits per heavy atom. The molecule has 2 aromatic carbocycles. The normalized spacial score (nSPS) is 10.8. The fourth-order valence-electron chi connectivity index (χ4n) is 2.91. The molecule has 7 nitrogen and oxygen atoms in total. The number of hydrogen-bond donors (Lipinski definition) is 2. The molecular formula is C23H26O7. The van der Waals surface area contributed by atoms with E-state index in [1.807, 2.05) is 6.92 Å². The molecule has 0 saturated heterocycles. The summed E-state index contributed by atoms with van der Waals surface area (Å²) in [4.78, 5) is 22.3. The van der Waals surface area contributed by atoms with Crippen LogP contribution in [0.1, 0.15) is 41.8 Å². The number of aliphatic carboxylic acids is 1. The third-order valence-corrected chi connectivity index (χ3v) is 4.32. The Morgan fingerprint density at radius 3 is 2.30 bits per heavy atom. The molecule has 2 rings (SSSR count). The first-order valence-electron chi connectivity index (χ1n) is 9.57. The van der Waals surface area contributed by atoms with Crippen LogP contribution in [0, 0.1) is 0 Å². The van der Waals surface area contributed by atoms with Crippen molar-refractivity contribution in [3.05, 3.63) is 53.1 Å². The van der Waals surface area contributed by atoms with Gasteiger partial charge in [-0.15, -0.1) is 0 Å². The number of ether oxygens (including phenoxy) is 3. The van der Waals surface area contributed by atoms with Gasteiger partial charge in [-0.2, -0.15) is 0 Å². The van der Waals surface area contributed by atoms with E-state index in [1.54, 1.807) is 30.3 Å². The lowest BCUT2D eigenvalue weighted by Crippen LogP contribution is -2.11. The van der Waals surface area contributed by atoms with Gasteiger partial charge in [0.2, 0.25) is 0 Å². The zero-order valence-corrected chi connectivity index (χ0v) is 17.3. The van der Waals surface area contributed by atoms with Gasteiger partial charge in [-0.3, -0.25) is 4.79 Å². The molecule has 0 radical (unpaired) electrons. The van der Waals surface area contributed by atoms with Crippen LogP contribution >= 0.6 is 0 Å². The molecule has 0 heterocycles. The summed E-state index contributed by atoms with van der Waals surface area (Å²) in [5.41, 5.74) is 1.56. The van der Waals surface area contributed by atoms with E-state index in [0.29, 0.717) is 34.8 Å². The Labute approximate surface area is 175 Å². The van der Waals surface area contributed by atoms with Crippen molar-refractivity contribution in [1.29, 1.82) is 0 Å². The van der Waals surface area contributed by atoms with Crippen molar-refractivity contribution >= 4 is 17.8 Å². The molecular weight excluding hydrogens is 388 g/mol. The van der Waals surface area contributed by atoms with Crippen LogP contribution in [0.25, 0.3) is 6.08 Å².